The molecule has 0 radical (unpaired) electrons. The fourth-order valence-electron chi connectivity index (χ4n) is 2.12. The van der Waals surface area contributed by atoms with E-state index < -0.39 is 0 Å². The summed E-state index contributed by atoms with van der Waals surface area (Å²) in [6, 6.07) is 0.182. The first-order valence-corrected chi connectivity index (χ1v) is 7.13. The normalized spacial score (nSPS) is 12.9. The van der Waals surface area contributed by atoms with Gasteiger partial charge in [-0.2, -0.15) is 5.10 Å². The fraction of sp³-hybridized carbons (Fsp3) is 0.786. The van der Waals surface area contributed by atoms with E-state index in [2.05, 4.69) is 29.4 Å². The van der Waals surface area contributed by atoms with Crippen LogP contribution in [0.5, 0.6) is 5.75 Å². The van der Waals surface area contributed by atoms with Crippen LogP contribution in [0.2, 0.25) is 0 Å². The number of methoxy groups -OCH3 is 1. The minimum Gasteiger partial charge on any atom is -0.493 e. The van der Waals surface area contributed by atoms with Gasteiger partial charge < -0.3 is 19.7 Å². The number of nitrogens with zero attached hydrogens (tertiary/aromatic N) is 3. The van der Waals surface area contributed by atoms with Gasteiger partial charge in [-0.3, -0.25) is 4.68 Å². The number of ether oxygens (including phenoxy) is 2. The Labute approximate surface area is 122 Å². The SMILES string of the molecule is CCOCCC(NC)c1c(OC)cnn1CCN(C)C. The highest BCUT2D eigenvalue weighted by Gasteiger charge is 2.20. The molecule has 0 bridgehead atoms. The lowest BCUT2D eigenvalue weighted by Crippen LogP contribution is -2.25. The van der Waals surface area contributed by atoms with Crippen molar-refractivity contribution >= 4 is 0 Å². The van der Waals surface area contributed by atoms with Crippen molar-refractivity contribution in [1.29, 1.82) is 0 Å². The van der Waals surface area contributed by atoms with E-state index in [1.807, 2.05) is 18.7 Å². The highest BCUT2D eigenvalue weighted by Crippen LogP contribution is 2.27. The quantitative estimate of drug-likeness (QED) is 0.653. The smallest absolute Gasteiger partial charge is 0.161 e. The summed E-state index contributed by atoms with van der Waals surface area (Å²) in [4.78, 5) is 2.15. The van der Waals surface area contributed by atoms with Crippen molar-refractivity contribution in [3.8, 4) is 5.75 Å². The molecule has 0 amide bonds. The zero-order valence-corrected chi connectivity index (χ0v) is 13.3. The molecule has 116 valence electrons. The van der Waals surface area contributed by atoms with Gasteiger partial charge in [-0.25, -0.2) is 0 Å². The van der Waals surface area contributed by atoms with Gasteiger partial charge in [0, 0.05) is 19.8 Å². The average Bonchev–Trinajstić information content (AvgIpc) is 2.84. The van der Waals surface area contributed by atoms with Crippen LogP contribution in [0.25, 0.3) is 0 Å². The van der Waals surface area contributed by atoms with Crippen molar-refractivity contribution in [1.82, 2.24) is 20.0 Å². The molecule has 0 fully saturated rings. The van der Waals surface area contributed by atoms with Crippen LogP contribution < -0.4 is 10.1 Å². The Kier molecular flexibility index (Phi) is 7.58. The summed E-state index contributed by atoms with van der Waals surface area (Å²) in [5.41, 5.74) is 1.09. The number of likely N-dealkylation sites (N-methyl/N-ethyl adjacent to an activating group) is 1. The number of hydrogen-bond donors (Lipinski definition) is 1. The zero-order chi connectivity index (χ0) is 15.0. The number of hydrogen-bond acceptors (Lipinski definition) is 5. The second-order valence-corrected chi connectivity index (χ2v) is 4.95. The highest BCUT2D eigenvalue weighted by molar-refractivity contribution is 5.28. The van der Waals surface area contributed by atoms with E-state index in [0.717, 1.165) is 44.2 Å². The van der Waals surface area contributed by atoms with Crippen molar-refractivity contribution in [3.05, 3.63) is 11.9 Å². The Morgan fingerprint density at radius 1 is 1.45 bits per heavy atom. The molecule has 0 aromatic carbocycles. The summed E-state index contributed by atoms with van der Waals surface area (Å²) in [6.45, 7) is 5.27. The zero-order valence-electron chi connectivity index (χ0n) is 13.3. The van der Waals surface area contributed by atoms with Gasteiger partial charge in [0.2, 0.25) is 0 Å². The van der Waals surface area contributed by atoms with Crippen LogP contribution >= 0.6 is 0 Å². The predicted molar refractivity (Wildman–Crippen MR) is 80.2 cm³/mol. The Morgan fingerprint density at radius 2 is 2.20 bits per heavy atom. The molecule has 1 heterocycles. The van der Waals surface area contributed by atoms with Crippen molar-refractivity contribution in [3.63, 3.8) is 0 Å². The second kappa shape index (κ2) is 8.94. The summed E-state index contributed by atoms with van der Waals surface area (Å²) in [5.74, 6) is 0.833. The fourth-order valence-corrected chi connectivity index (χ4v) is 2.12. The van der Waals surface area contributed by atoms with E-state index in [1.54, 1.807) is 13.3 Å². The summed E-state index contributed by atoms with van der Waals surface area (Å²) >= 11 is 0. The number of rotatable bonds is 10. The van der Waals surface area contributed by atoms with Gasteiger partial charge in [-0.1, -0.05) is 0 Å². The van der Waals surface area contributed by atoms with E-state index >= 15 is 0 Å². The van der Waals surface area contributed by atoms with Crippen LogP contribution in [-0.4, -0.2) is 62.7 Å². The van der Waals surface area contributed by atoms with E-state index in [0.29, 0.717) is 0 Å². The van der Waals surface area contributed by atoms with Gasteiger partial charge in [0.25, 0.3) is 0 Å². The van der Waals surface area contributed by atoms with E-state index in [-0.39, 0.29) is 6.04 Å². The molecule has 20 heavy (non-hydrogen) atoms. The molecule has 6 heteroatoms. The van der Waals surface area contributed by atoms with Crippen molar-refractivity contribution in [2.45, 2.75) is 25.9 Å². The van der Waals surface area contributed by atoms with Crippen LogP contribution in [0.1, 0.15) is 25.1 Å². The molecule has 0 spiro atoms. The van der Waals surface area contributed by atoms with Crippen molar-refractivity contribution in [2.24, 2.45) is 0 Å². The summed E-state index contributed by atoms with van der Waals surface area (Å²) in [5, 5.41) is 7.77. The molecule has 1 atom stereocenters. The van der Waals surface area contributed by atoms with Gasteiger partial charge in [0.05, 0.1) is 31.6 Å². The molecule has 0 aliphatic carbocycles. The lowest BCUT2D eigenvalue weighted by molar-refractivity contribution is 0.136. The van der Waals surface area contributed by atoms with E-state index in [4.69, 9.17) is 9.47 Å². The number of nitrogens with one attached hydrogen (secondary N) is 1. The molecular formula is C14H28N4O2. The third-order valence-electron chi connectivity index (χ3n) is 3.26. The first kappa shape index (κ1) is 16.9. The highest BCUT2D eigenvalue weighted by atomic mass is 16.5. The molecule has 0 saturated heterocycles. The van der Waals surface area contributed by atoms with Crippen LogP contribution in [0, 0.1) is 0 Å². The van der Waals surface area contributed by atoms with Crippen LogP contribution in [0.3, 0.4) is 0 Å². The first-order valence-electron chi connectivity index (χ1n) is 7.13. The van der Waals surface area contributed by atoms with E-state index in [1.165, 1.54) is 0 Å². The maximum atomic E-state index is 5.46. The lowest BCUT2D eigenvalue weighted by Gasteiger charge is -2.20. The summed E-state index contributed by atoms with van der Waals surface area (Å²) < 4.78 is 12.9. The average molecular weight is 284 g/mol. The Bertz CT molecular complexity index is 379. The van der Waals surface area contributed by atoms with Gasteiger partial charge in [0.15, 0.2) is 5.75 Å². The monoisotopic (exact) mass is 284 g/mol. The molecule has 1 aromatic rings. The Hall–Kier alpha value is -1.11. The lowest BCUT2D eigenvalue weighted by atomic mass is 10.1. The molecule has 1 rings (SSSR count). The van der Waals surface area contributed by atoms with Crippen molar-refractivity contribution in [2.75, 3.05) is 48.0 Å². The van der Waals surface area contributed by atoms with Gasteiger partial charge >= 0.3 is 0 Å². The third kappa shape index (κ3) is 4.77. The third-order valence-corrected chi connectivity index (χ3v) is 3.26. The molecule has 0 aliphatic rings. The Morgan fingerprint density at radius 3 is 2.75 bits per heavy atom. The predicted octanol–water partition coefficient (Wildman–Crippen LogP) is 1.14. The molecule has 1 N–H and O–H groups in total. The molecule has 6 nitrogen and oxygen atoms in total. The van der Waals surface area contributed by atoms with Crippen LogP contribution in [0.15, 0.2) is 6.20 Å². The molecule has 0 aliphatic heterocycles. The minimum atomic E-state index is 0.182. The Balaban J connectivity index is 2.83. The summed E-state index contributed by atoms with van der Waals surface area (Å²) in [7, 11) is 7.77. The second-order valence-electron chi connectivity index (χ2n) is 4.95. The number of aromatic nitrogens is 2. The van der Waals surface area contributed by atoms with E-state index in [9.17, 15) is 0 Å². The van der Waals surface area contributed by atoms with Crippen molar-refractivity contribution < 1.29 is 9.47 Å². The molecule has 1 aromatic heterocycles. The molecule has 1 unspecified atom stereocenters. The maximum absolute atomic E-state index is 5.46. The molecule has 0 saturated carbocycles. The van der Waals surface area contributed by atoms with Gasteiger partial charge in [0.1, 0.15) is 0 Å². The minimum absolute atomic E-state index is 0.182. The summed E-state index contributed by atoms with van der Waals surface area (Å²) in [6.07, 6.45) is 2.68. The molecular weight excluding hydrogens is 256 g/mol. The first-order chi connectivity index (χ1) is 9.63. The topological polar surface area (TPSA) is 51.5 Å². The largest absolute Gasteiger partial charge is 0.493 e. The van der Waals surface area contributed by atoms with Gasteiger partial charge in [-0.15, -0.1) is 0 Å². The maximum Gasteiger partial charge on any atom is 0.161 e. The van der Waals surface area contributed by atoms with Crippen LogP contribution in [0.4, 0.5) is 0 Å². The van der Waals surface area contributed by atoms with Gasteiger partial charge in [-0.05, 0) is 34.5 Å². The van der Waals surface area contributed by atoms with Crippen LogP contribution in [-0.2, 0) is 11.3 Å². The standard InChI is InChI=1S/C14H28N4O2/c1-6-20-10-7-12(15-2)14-13(19-5)11-16-18(14)9-8-17(3)4/h11-12,15H,6-10H2,1-5H3.